The maximum atomic E-state index is 12.8. The molecule has 0 aliphatic carbocycles. The van der Waals surface area contributed by atoms with Crippen molar-refractivity contribution in [3.05, 3.63) is 64.7 Å². The molecule has 0 spiro atoms. The molecule has 0 aromatic heterocycles. The number of hydrogen-bond donors (Lipinski definition) is 1. The van der Waals surface area contributed by atoms with Crippen LogP contribution in [0, 0.1) is 0 Å². The van der Waals surface area contributed by atoms with Gasteiger partial charge in [-0.15, -0.1) is 0 Å². The lowest BCUT2D eigenvalue weighted by molar-refractivity contribution is -0.0429. The van der Waals surface area contributed by atoms with Gasteiger partial charge in [0.2, 0.25) is 0 Å². The van der Waals surface area contributed by atoms with Crippen molar-refractivity contribution >= 4 is 33.0 Å². The minimum atomic E-state index is -5.58. The first-order valence-electron chi connectivity index (χ1n) is 8.76. The van der Waals surface area contributed by atoms with E-state index in [9.17, 15) is 21.6 Å². The summed E-state index contributed by atoms with van der Waals surface area (Å²) in [5, 5.41) is 4.26. The number of oxime groups is 1. The maximum Gasteiger partial charge on any atom is 0.516 e. The van der Waals surface area contributed by atoms with E-state index in [2.05, 4.69) is 5.16 Å². The van der Waals surface area contributed by atoms with Gasteiger partial charge in [0.15, 0.2) is 0 Å². The third kappa shape index (κ3) is 6.64. The van der Waals surface area contributed by atoms with Crippen molar-refractivity contribution < 1.29 is 26.4 Å². The summed E-state index contributed by atoms with van der Waals surface area (Å²) in [5.74, 6) is 0. The largest absolute Gasteiger partial charge is 0.516 e. The fraction of sp³-hybridized carbons (Fsp3) is 0.316. The third-order valence-electron chi connectivity index (χ3n) is 3.83. The second-order valence-electron chi connectivity index (χ2n) is 6.10. The topological polar surface area (TPSA) is 67.8 Å². The number of sulfonamides is 1. The molecule has 5 nitrogen and oxygen atoms in total. The molecule has 0 unspecified atom stereocenters. The minimum Gasteiger partial charge on any atom is -0.395 e. The summed E-state index contributed by atoms with van der Waals surface area (Å²) >= 11 is 5.97. The lowest BCUT2D eigenvalue weighted by atomic mass is 10.0. The quantitative estimate of drug-likeness (QED) is 0.319. The second-order valence-corrected chi connectivity index (χ2v) is 8.21. The van der Waals surface area contributed by atoms with Gasteiger partial charge < -0.3 is 4.84 Å². The predicted octanol–water partition coefficient (Wildman–Crippen LogP) is 5.37. The van der Waals surface area contributed by atoms with Crippen LogP contribution in [-0.4, -0.2) is 26.2 Å². The van der Waals surface area contributed by atoms with Gasteiger partial charge in [-0.1, -0.05) is 60.4 Å². The molecule has 0 aliphatic rings. The molecule has 0 fully saturated rings. The van der Waals surface area contributed by atoms with Crippen molar-refractivity contribution in [2.75, 3.05) is 11.3 Å². The number of rotatable bonds is 9. The molecular weight excluding hydrogens is 429 g/mol. The first kappa shape index (κ1) is 23.0. The number of alkyl halides is 3. The highest BCUT2D eigenvalue weighted by atomic mass is 35.5. The van der Waals surface area contributed by atoms with Crippen LogP contribution in [0.25, 0.3) is 0 Å². The van der Waals surface area contributed by atoms with Gasteiger partial charge in [-0.2, -0.15) is 21.6 Å². The average molecular weight is 449 g/mol. The van der Waals surface area contributed by atoms with Gasteiger partial charge in [-0.3, -0.25) is 4.72 Å². The van der Waals surface area contributed by atoms with Gasteiger partial charge in [0.05, 0.1) is 11.4 Å². The Balaban J connectivity index is 2.25. The van der Waals surface area contributed by atoms with Crippen LogP contribution in [0.2, 0.25) is 5.02 Å². The highest BCUT2D eigenvalue weighted by Crippen LogP contribution is 2.29. The van der Waals surface area contributed by atoms with Crippen LogP contribution in [0.4, 0.5) is 18.9 Å². The number of halogens is 4. The lowest BCUT2D eigenvalue weighted by Crippen LogP contribution is -2.30. The molecule has 10 heteroatoms. The molecule has 0 heterocycles. The Kier molecular flexibility index (Phi) is 7.92. The van der Waals surface area contributed by atoms with Crippen LogP contribution in [0.3, 0.4) is 0 Å². The Morgan fingerprint density at radius 2 is 1.86 bits per heavy atom. The Labute approximate surface area is 172 Å². The molecule has 0 aliphatic heterocycles. The standard InChI is InChI=1S/C19H20ClF3N2O3S/c1-2-6-17(24-28-12-11-14-7-4-3-5-8-14)16-13-15(20)9-10-18(16)25-29(26,27)19(21,22)23/h3-5,7-10,13,25H,2,6,11-12H2,1H3/b24-17+. The van der Waals surface area contributed by atoms with Crippen molar-refractivity contribution in [2.45, 2.75) is 31.7 Å². The Morgan fingerprint density at radius 3 is 2.48 bits per heavy atom. The van der Waals surface area contributed by atoms with E-state index >= 15 is 0 Å². The molecule has 158 valence electrons. The minimum absolute atomic E-state index is 0.131. The fourth-order valence-electron chi connectivity index (χ4n) is 2.44. The Bertz CT molecular complexity index is 949. The first-order chi connectivity index (χ1) is 13.6. The molecule has 2 aromatic carbocycles. The third-order valence-corrected chi connectivity index (χ3v) is 5.16. The predicted molar refractivity (Wildman–Crippen MR) is 108 cm³/mol. The smallest absolute Gasteiger partial charge is 0.395 e. The molecule has 0 saturated heterocycles. The number of hydrogen-bond acceptors (Lipinski definition) is 4. The van der Waals surface area contributed by atoms with E-state index in [1.165, 1.54) is 12.1 Å². The monoisotopic (exact) mass is 448 g/mol. The summed E-state index contributed by atoms with van der Waals surface area (Å²) in [6.07, 6.45) is 1.55. The van der Waals surface area contributed by atoms with Crippen LogP contribution in [0.1, 0.15) is 30.9 Å². The summed E-state index contributed by atoms with van der Waals surface area (Å²) in [7, 11) is -5.58. The highest BCUT2D eigenvalue weighted by molar-refractivity contribution is 7.93. The van der Waals surface area contributed by atoms with Crippen LogP contribution >= 0.6 is 11.6 Å². The van der Waals surface area contributed by atoms with E-state index in [0.717, 1.165) is 11.6 Å². The van der Waals surface area contributed by atoms with Crippen molar-refractivity contribution in [3.63, 3.8) is 0 Å². The first-order valence-corrected chi connectivity index (χ1v) is 10.6. The van der Waals surface area contributed by atoms with Crippen molar-refractivity contribution in [1.29, 1.82) is 0 Å². The van der Waals surface area contributed by atoms with Gasteiger partial charge >= 0.3 is 15.5 Å². The molecular formula is C19H20ClF3N2O3S. The summed E-state index contributed by atoms with van der Waals surface area (Å²) in [4.78, 5) is 5.34. The maximum absolute atomic E-state index is 12.8. The van der Waals surface area contributed by atoms with Gasteiger partial charge in [0, 0.05) is 17.0 Å². The normalized spacial score (nSPS) is 12.7. The zero-order chi connectivity index (χ0) is 21.5. The van der Waals surface area contributed by atoms with Gasteiger partial charge in [0.25, 0.3) is 0 Å². The van der Waals surface area contributed by atoms with E-state index in [4.69, 9.17) is 16.4 Å². The lowest BCUT2D eigenvalue weighted by Gasteiger charge is -2.15. The molecule has 1 N–H and O–H groups in total. The Hall–Kier alpha value is -2.26. The van der Waals surface area contributed by atoms with Crippen LogP contribution in [-0.2, 0) is 21.3 Å². The van der Waals surface area contributed by atoms with Crippen molar-refractivity contribution in [2.24, 2.45) is 5.16 Å². The van der Waals surface area contributed by atoms with E-state index in [1.54, 1.807) is 4.72 Å². The van der Waals surface area contributed by atoms with Gasteiger partial charge in [-0.05, 0) is 30.2 Å². The van der Waals surface area contributed by atoms with Crippen molar-refractivity contribution in [3.8, 4) is 0 Å². The molecule has 2 aromatic rings. The van der Waals surface area contributed by atoms with Crippen molar-refractivity contribution in [1.82, 2.24) is 0 Å². The van der Waals surface area contributed by atoms with Crippen LogP contribution in [0.5, 0.6) is 0 Å². The second kappa shape index (κ2) is 9.98. The summed E-state index contributed by atoms with van der Waals surface area (Å²) < 4.78 is 62.9. The molecule has 0 radical (unpaired) electrons. The Morgan fingerprint density at radius 1 is 1.17 bits per heavy atom. The van der Waals surface area contributed by atoms with E-state index in [0.29, 0.717) is 25.0 Å². The van der Waals surface area contributed by atoms with Crippen LogP contribution in [0.15, 0.2) is 53.7 Å². The average Bonchev–Trinajstić information content (AvgIpc) is 2.65. The summed E-state index contributed by atoms with van der Waals surface area (Å²) in [5.41, 5.74) is -4.25. The van der Waals surface area contributed by atoms with Gasteiger partial charge in [0.1, 0.15) is 6.61 Å². The summed E-state index contributed by atoms with van der Waals surface area (Å²) in [6.45, 7) is 2.10. The zero-order valence-electron chi connectivity index (χ0n) is 15.5. The SMILES string of the molecule is CCC/C(=N\OCCc1ccccc1)c1cc(Cl)ccc1NS(=O)(=O)C(F)(F)F. The van der Waals surface area contributed by atoms with E-state index < -0.39 is 15.5 Å². The molecule has 0 bridgehead atoms. The van der Waals surface area contributed by atoms with Crippen LogP contribution < -0.4 is 4.72 Å². The summed E-state index contributed by atoms with van der Waals surface area (Å²) in [6, 6.07) is 13.4. The molecule has 2 rings (SSSR count). The molecule has 29 heavy (non-hydrogen) atoms. The number of anilines is 1. The van der Waals surface area contributed by atoms with E-state index in [1.807, 2.05) is 37.3 Å². The molecule has 0 atom stereocenters. The zero-order valence-corrected chi connectivity index (χ0v) is 17.1. The molecule has 0 saturated carbocycles. The molecule has 0 amide bonds. The number of benzene rings is 2. The number of nitrogens with one attached hydrogen (secondary N) is 1. The van der Waals surface area contributed by atoms with Gasteiger partial charge in [-0.25, -0.2) is 0 Å². The fourth-order valence-corrected chi connectivity index (χ4v) is 3.20. The van der Waals surface area contributed by atoms with E-state index in [-0.39, 0.29) is 22.9 Å². The number of nitrogens with zero attached hydrogens (tertiary/aromatic N) is 1. The highest BCUT2D eigenvalue weighted by Gasteiger charge is 2.46.